The molecule has 1 aromatic heterocycles. The summed E-state index contributed by atoms with van der Waals surface area (Å²) >= 11 is 0. The highest BCUT2D eigenvalue weighted by atomic mass is 32.2. The van der Waals surface area contributed by atoms with Gasteiger partial charge in [-0.3, -0.25) is 4.79 Å². The van der Waals surface area contributed by atoms with Crippen LogP contribution in [0.25, 0.3) is 0 Å². The van der Waals surface area contributed by atoms with Crippen molar-refractivity contribution in [2.75, 3.05) is 24.6 Å². The van der Waals surface area contributed by atoms with E-state index in [1.807, 2.05) is 0 Å². The van der Waals surface area contributed by atoms with Gasteiger partial charge in [0.15, 0.2) is 9.84 Å². The highest BCUT2D eigenvalue weighted by molar-refractivity contribution is 7.91. The van der Waals surface area contributed by atoms with Gasteiger partial charge in [0.1, 0.15) is 0 Å². The lowest BCUT2D eigenvalue weighted by atomic mass is 10.2. The maximum Gasteiger partial charge on any atom is 0.254 e. The Morgan fingerprint density at radius 1 is 1.35 bits per heavy atom. The van der Waals surface area contributed by atoms with E-state index in [0.29, 0.717) is 0 Å². The van der Waals surface area contributed by atoms with E-state index in [0.717, 1.165) is 6.07 Å². The fraction of sp³-hybridized carbons (Fsp3) is 0.400. The Hall–Kier alpha value is -1.50. The van der Waals surface area contributed by atoms with E-state index in [4.69, 9.17) is 0 Å². The molecular formula is C10H11FN2O3S. The average Bonchev–Trinajstić information content (AvgIpc) is 2.28. The van der Waals surface area contributed by atoms with Crippen LogP contribution in [-0.2, 0) is 9.84 Å². The highest BCUT2D eigenvalue weighted by Crippen LogP contribution is 2.10. The summed E-state index contributed by atoms with van der Waals surface area (Å²) < 4.78 is 35.2. The zero-order valence-corrected chi connectivity index (χ0v) is 9.78. The van der Waals surface area contributed by atoms with Gasteiger partial charge in [-0.05, 0) is 6.07 Å². The number of hydrogen-bond donors (Lipinski definition) is 0. The molecule has 1 aliphatic heterocycles. The predicted molar refractivity (Wildman–Crippen MR) is 58.8 cm³/mol. The summed E-state index contributed by atoms with van der Waals surface area (Å²) in [5, 5.41) is 0. The smallest absolute Gasteiger partial charge is 0.254 e. The molecule has 5 nitrogen and oxygen atoms in total. The Morgan fingerprint density at radius 3 is 2.59 bits per heavy atom. The maximum absolute atomic E-state index is 12.8. The molecule has 0 radical (unpaired) electrons. The molecule has 0 unspecified atom stereocenters. The number of hydrogen-bond acceptors (Lipinski definition) is 4. The molecule has 0 spiro atoms. The van der Waals surface area contributed by atoms with Crippen LogP contribution in [-0.4, -0.2) is 48.8 Å². The molecule has 0 bridgehead atoms. The standard InChI is InChI=1S/C10H11FN2O3S/c11-9-7-8(1-2-12-9)10(14)13-3-5-17(15,16)6-4-13/h1-2,7H,3-6H2. The summed E-state index contributed by atoms with van der Waals surface area (Å²) in [6.07, 6.45) is 1.21. The van der Waals surface area contributed by atoms with Gasteiger partial charge in [0.25, 0.3) is 5.91 Å². The molecule has 7 heteroatoms. The van der Waals surface area contributed by atoms with E-state index in [1.165, 1.54) is 17.2 Å². The van der Waals surface area contributed by atoms with Crippen LogP contribution in [0.5, 0.6) is 0 Å². The second-order valence-electron chi connectivity index (χ2n) is 3.81. The van der Waals surface area contributed by atoms with Gasteiger partial charge in [-0.2, -0.15) is 4.39 Å². The van der Waals surface area contributed by atoms with Crippen molar-refractivity contribution >= 4 is 15.7 Å². The summed E-state index contributed by atoms with van der Waals surface area (Å²) in [4.78, 5) is 16.7. The summed E-state index contributed by atoms with van der Waals surface area (Å²) in [6, 6.07) is 2.46. The Bertz CT molecular complexity index is 530. The number of sulfone groups is 1. The van der Waals surface area contributed by atoms with Gasteiger partial charge in [-0.25, -0.2) is 13.4 Å². The van der Waals surface area contributed by atoms with E-state index in [-0.39, 0.29) is 36.1 Å². The first kappa shape index (κ1) is 12.0. The fourth-order valence-electron chi connectivity index (χ4n) is 1.63. The molecule has 0 aliphatic carbocycles. The molecule has 0 atom stereocenters. The van der Waals surface area contributed by atoms with Gasteiger partial charge in [0.05, 0.1) is 11.5 Å². The zero-order chi connectivity index (χ0) is 12.5. The normalized spacial score (nSPS) is 19.0. The van der Waals surface area contributed by atoms with Gasteiger partial charge >= 0.3 is 0 Å². The molecule has 0 aromatic carbocycles. The van der Waals surface area contributed by atoms with Crippen molar-refractivity contribution in [1.82, 2.24) is 9.88 Å². The van der Waals surface area contributed by atoms with Crippen molar-refractivity contribution in [2.45, 2.75) is 0 Å². The first-order valence-corrected chi connectivity index (χ1v) is 6.91. The largest absolute Gasteiger partial charge is 0.337 e. The average molecular weight is 258 g/mol. The third-order valence-corrected chi connectivity index (χ3v) is 4.21. The van der Waals surface area contributed by atoms with Crippen LogP contribution < -0.4 is 0 Å². The first-order valence-electron chi connectivity index (χ1n) is 5.09. The molecule has 1 aromatic rings. The molecule has 0 N–H and O–H groups in total. The SMILES string of the molecule is O=C(c1ccnc(F)c1)N1CCS(=O)(=O)CC1. The Kier molecular flexibility index (Phi) is 3.10. The molecule has 1 saturated heterocycles. The van der Waals surface area contributed by atoms with E-state index in [9.17, 15) is 17.6 Å². The number of aromatic nitrogens is 1. The molecular weight excluding hydrogens is 247 g/mol. The van der Waals surface area contributed by atoms with Crippen molar-refractivity contribution in [3.8, 4) is 0 Å². The minimum absolute atomic E-state index is 0.0354. The van der Waals surface area contributed by atoms with Gasteiger partial charge in [0, 0.05) is 30.9 Å². The lowest BCUT2D eigenvalue weighted by Crippen LogP contribution is -2.43. The summed E-state index contributed by atoms with van der Waals surface area (Å²) in [5.74, 6) is -1.15. The Morgan fingerprint density at radius 2 is 2.00 bits per heavy atom. The monoisotopic (exact) mass is 258 g/mol. The van der Waals surface area contributed by atoms with Crippen molar-refractivity contribution in [3.63, 3.8) is 0 Å². The van der Waals surface area contributed by atoms with Crippen molar-refractivity contribution in [1.29, 1.82) is 0 Å². The minimum Gasteiger partial charge on any atom is -0.337 e. The molecule has 1 aliphatic rings. The third-order valence-electron chi connectivity index (χ3n) is 2.61. The Labute approximate surface area is 98.2 Å². The molecule has 2 rings (SSSR count). The van der Waals surface area contributed by atoms with Crippen LogP contribution in [0.15, 0.2) is 18.3 Å². The predicted octanol–water partition coefficient (Wildman–Crippen LogP) is 0.0913. The molecule has 17 heavy (non-hydrogen) atoms. The second-order valence-corrected chi connectivity index (χ2v) is 6.11. The van der Waals surface area contributed by atoms with Crippen LogP contribution in [0.3, 0.4) is 0 Å². The summed E-state index contributed by atoms with van der Waals surface area (Å²) in [5.41, 5.74) is 0.191. The quantitative estimate of drug-likeness (QED) is 0.670. The van der Waals surface area contributed by atoms with Crippen LogP contribution in [0.2, 0.25) is 0 Å². The lowest BCUT2D eigenvalue weighted by molar-refractivity contribution is 0.0769. The second kappa shape index (κ2) is 4.40. The van der Waals surface area contributed by atoms with Crippen LogP contribution in [0, 0.1) is 5.95 Å². The van der Waals surface area contributed by atoms with E-state index in [1.54, 1.807) is 0 Å². The van der Waals surface area contributed by atoms with Gasteiger partial charge in [0.2, 0.25) is 5.95 Å². The van der Waals surface area contributed by atoms with Crippen molar-refractivity contribution in [3.05, 3.63) is 29.8 Å². The molecule has 0 saturated carbocycles. The number of carbonyl (C=O) groups excluding carboxylic acids is 1. The summed E-state index contributed by atoms with van der Waals surface area (Å²) in [7, 11) is -3.02. The number of nitrogens with zero attached hydrogens (tertiary/aromatic N) is 2. The van der Waals surface area contributed by atoms with Crippen LogP contribution in [0.1, 0.15) is 10.4 Å². The van der Waals surface area contributed by atoms with Crippen LogP contribution in [0.4, 0.5) is 4.39 Å². The fourth-order valence-corrected chi connectivity index (χ4v) is 2.83. The number of halogens is 1. The lowest BCUT2D eigenvalue weighted by Gasteiger charge is -2.26. The molecule has 1 fully saturated rings. The van der Waals surface area contributed by atoms with Crippen LogP contribution >= 0.6 is 0 Å². The molecule has 2 heterocycles. The molecule has 92 valence electrons. The number of rotatable bonds is 1. The van der Waals surface area contributed by atoms with Gasteiger partial charge < -0.3 is 4.90 Å². The zero-order valence-electron chi connectivity index (χ0n) is 8.97. The van der Waals surface area contributed by atoms with Gasteiger partial charge in [-0.1, -0.05) is 0 Å². The van der Waals surface area contributed by atoms with E-state index in [2.05, 4.69) is 4.98 Å². The highest BCUT2D eigenvalue weighted by Gasteiger charge is 2.25. The summed E-state index contributed by atoms with van der Waals surface area (Å²) in [6.45, 7) is 0.316. The maximum atomic E-state index is 12.8. The van der Waals surface area contributed by atoms with Crippen molar-refractivity contribution < 1.29 is 17.6 Å². The topological polar surface area (TPSA) is 67.3 Å². The van der Waals surface area contributed by atoms with E-state index < -0.39 is 15.8 Å². The van der Waals surface area contributed by atoms with Crippen molar-refractivity contribution in [2.24, 2.45) is 0 Å². The number of amides is 1. The van der Waals surface area contributed by atoms with Gasteiger partial charge in [-0.15, -0.1) is 0 Å². The number of pyridine rings is 1. The third kappa shape index (κ3) is 2.79. The van der Waals surface area contributed by atoms with E-state index >= 15 is 0 Å². The minimum atomic E-state index is -3.02. The number of carbonyl (C=O) groups is 1. The Balaban J connectivity index is 2.12. The molecule has 1 amide bonds. The first-order chi connectivity index (χ1) is 7.98.